The molecule has 0 atom stereocenters. The molecule has 2 aromatic heterocycles. The second-order valence-corrected chi connectivity index (χ2v) is 7.00. The van der Waals surface area contributed by atoms with E-state index in [2.05, 4.69) is 15.5 Å². The highest BCUT2D eigenvalue weighted by atomic mass is 35.5. The fourth-order valence-corrected chi connectivity index (χ4v) is 3.57. The molecule has 6 nitrogen and oxygen atoms in total. The van der Waals surface area contributed by atoms with Gasteiger partial charge in [-0.1, -0.05) is 41.1 Å². The van der Waals surface area contributed by atoms with Gasteiger partial charge >= 0.3 is 5.97 Å². The second-order valence-electron chi connectivity index (χ2n) is 5.56. The molecular weight excluding hydrogens is 386 g/mol. The van der Waals surface area contributed by atoms with Crippen LogP contribution in [0.2, 0.25) is 5.02 Å². The molecular formula is C19H12ClN3O3S. The predicted molar refractivity (Wildman–Crippen MR) is 107 cm³/mol. The largest absolute Gasteiger partial charge is 0.478 e. The van der Waals surface area contributed by atoms with Crippen LogP contribution in [0.3, 0.4) is 0 Å². The molecule has 0 aliphatic carbocycles. The summed E-state index contributed by atoms with van der Waals surface area (Å²) in [6.07, 6.45) is 1.54. The first-order valence-electron chi connectivity index (χ1n) is 7.88. The number of fused-ring (bicyclic) bond motifs is 1. The Hall–Kier alpha value is -3.16. The number of benzene rings is 2. The zero-order valence-corrected chi connectivity index (χ0v) is 15.3. The van der Waals surface area contributed by atoms with Crippen LogP contribution in [0, 0.1) is 0 Å². The van der Waals surface area contributed by atoms with E-state index in [4.69, 9.17) is 21.1 Å². The zero-order chi connectivity index (χ0) is 18.8. The molecule has 0 amide bonds. The fourth-order valence-electron chi connectivity index (χ4n) is 2.49. The highest BCUT2D eigenvalue weighted by Gasteiger charge is 2.11. The minimum absolute atomic E-state index is 0.0498. The van der Waals surface area contributed by atoms with Crippen molar-refractivity contribution >= 4 is 50.5 Å². The Bertz CT molecular complexity index is 1130. The van der Waals surface area contributed by atoms with Gasteiger partial charge < -0.3 is 9.52 Å². The fraction of sp³-hybridized carbons (Fsp3) is 0. The molecule has 8 heteroatoms. The minimum atomic E-state index is -1.07. The van der Waals surface area contributed by atoms with E-state index in [1.54, 1.807) is 30.5 Å². The first-order chi connectivity index (χ1) is 13.1. The van der Waals surface area contributed by atoms with Crippen molar-refractivity contribution in [3.8, 4) is 11.3 Å². The third-order valence-electron chi connectivity index (χ3n) is 3.76. The molecule has 0 spiro atoms. The SMILES string of the molecule is O=C(O)c1ccc(-c2ccc(/C=N\Nc3nc4ccccc4s3)o2)cc1Cl. The molecule has 0 aliphatic rings. The van der Waals surface area contributed by atoms with Gasteiger partial charge in [0.1, 0.15) is 11.5 Å². The van der Waals surface area contributed by atoms with E-state index < -0.39 is 5.97 Å². The van der Waals surface area contributed by atoms with Crippen LogP contribution in [0.25, 0.3) is 21.5 Å². The number of para-hydroxylation sites is 1. The van der Waals surface area contributed by atoms with E-state index in [0.717, 1.165) is 10.2 Å². The van der Waals surface area contributed by atoms with Crippen LogP contribution in [0.4, 0.5) is 5.13 Å². The minimum Gasteiger partial charge on any atom is -0.478 e. The molecule has 0 aliphatic heterocycles. The normalized spacial score (nSPS) is 11.3. The lowest BCUT2D eigenvalue weighted by Crippen LogP contribution is -1.96. The Morgan fingerprint density at radius 3 is 2.85 bits per heavy atom. The van der Waals surface area contributed by atoms with Gasteiger partial charge in [-0.25, -0.2) is 9.78 Å². The van der Waals surface area contributed by atoms with Crippen molar-refractivity contribution < 1.29 is 14.3 Å². The number of thiazole rings is 1. The average Bonchev–Trinajstić information content (AvgIpc) is 3.28. The molecule has 27 heavy (non-hydrogen) atoms. The summed E-state index contributed by atoms with van der Waals surface area (Å²) >= 11 is 7.51. The van der Waals surface area contributed by atoms with E-state index in [9.17, 15) is 4.79 Å². The molecule has 4 rings (SSSR count). The number of nitrogens with zero attached hydrogens (tertiary/aromatic N) is 2. The number of aromatic nitrogens is 1. The maximum Gasteiger partial charge on any atom is 0.337 e. The Labute approximate surface area is 162 Å². The lowest BCUT2D eigenvalue weighted by molar-refractivity contribution is 0.0697. The van der Waals surface area contributed by atoms with Crippen LogP contribution < -0.4 is 5.43 Å². The van der Waals surface area contributed by atoms with Gasteiger partial charge in [0.05, 0.1) is 27.0 Å². The molecule has 0 saturated heterocycles. The van der Waals surface area contributed by atoms with Crippen LogP contribution in [-0.4, -0.2) is 22.3 Å². The summed E-state index contributed by atoms with van der Waals surface area (Å²) < 4.78 is 6.79. The smallest absolute Gasteiger partial charge is 0.337 e. The van der Waals surface area contributed by atoms with Crippen molar-refractivity contribution in [1.29, 1.82) is 0 Å². The number of halogens is 1. The van der Waals surface area contributed by atoms with Crippen molar-refractivity contribution in [2.24, 2.45) is 5.10 Å². The zero-order valence-electron chi connectivity index (χ0n) is 13.7. The summed E-state index contributed by atoms with van der Waals surface area (Å²) in [4.78, 5) is 15.5. The number of hydrazone groups is 1. The van der Waals surface area contributed by atoms with E-state index in [0.29, 0.717) is 22.2 Å². The summed E-state index contributed by atoms with van der Waals surface area (Å²) in [5, 5.41) is 14.0. The van der Waals surface area contributed by atoms with Gasteiger partial charge in [-0.2, -0.15) is 5.10 Å². The molecule has 2 heterocycles. The molecule has 2 N–H and O–H groups in total. The summed E-state index contributed by atoms with van der Waals surface area (Å²) in [5.74, 6) is 0.0343. The number of rotatable bonds is 5. The summed E-state index contributed by atoms with van der Waals surface area (Å²) in [5.41, 5.74) is 4.54. The van der Waals surface area contributed by atoms with Gasteiger partial charge in [0.2, 0.25) is 5.13 Å². The maximum atomic E-state index is 11.0. The van der Waals surface area contributed by atoms with E-state index in [1.165, 1.54) is 17.4 Å². The Kier molecular flexibility index (Phi) is 4.62. The van der Waals surface area contributed by atoms with Crippen LogP contribution in [0.5, 0.6) is 0 Å². The van der Waals surface area contributed by atoms with Gasteiger partial charge in [-0.05, 0) is 36.4 Å². The molecule has 0 unspecified atom stereocenters. The van der Waals surface area contributed by atoms with Crippen molar-refractivity contribution in [1.82, 2.24) is 4.98 Å². The van der Waals surface area contributed by atoms with Gasteiger partial charge in [-0.3, -0.25) is 5.43 Å². The summed E-state index contributed by atoms with van der Waals surface area (Å²) in [6.45, 7) is 0. The summed E-state index contributed by atoms with van der Waals surface area (Å²) in [6, 6.07) is 16.0. The molecule has 2 aromatic carbocycles. The Balaban J connectivity index is 1.48. The number of carbonyl (C=O) groups is 1. The first-order valence-corrected chi connectivity index (χ1v) is 9.07. The van der Waals surface area contributed by atoms with Crippen LogP contribution in [0.1, 0.15) is 16.1 Å². The van der Waals surface area contributed by atoms with E-state index in [1.807, 2.05) is 24.3 Å². The van der Waals surface area contributed by atoms with Gasteiger partial charge in [0, 0.05) is 5.56 Å². The lowest BCUT2D eigenvalue weighted by Gasteiger charge is -2.01. The number of carboxylic acid groups (broad SMARTS) is 1. The predicted octanol–water partition coefficient (Wildman–Crippen LogP) is 5.35. The van der Waals surface area contributed by atoms with Gasteiger partial charge in [-0.15, -0.1) is 0 Å². The van der Waals surface area contributed by atoms with Gasteiger partial charge in [0.15, 0.2) is 0 Å². The number of carboxylic acids is 1. The molecule has 0 bridgehead atoms. The number of aromatic carboxylic acids is 1. The van der Waals surface area contributed by atoms with Crippen LogP contribution >= 0.6 is 22.9 Å². The number of anilines is 1. The molecule has 134 valence electrons. The van der Waals surface area contributed by atoms with E-state index >= 15 is 0 Å². The first kappa shape index (κ1) is 17.3. The van der Waals surface area contributed by atoms with Crippen molar-refractivity contribution in [2.75, 3.05) is 5.43 Å². The second kappa shape index (κ2) is 7.22. The Morgan fingerprint density at radius 1 is 1.22 bits per heavy atom. The topological polar surface area (TPSA) is 87.7 Å². The third-order valence-corrected chi connectivity index (χ3v) is 5.01. The Morgan fingerprint density at radius 2 is 2.07 bits per heavy atom. The number of nitrogens with one attached hydrogen (secondary N) is 1. The van der Waals surface area contributed by atoms with Crippen LogP contribution in [-0.2, 0) is 0 Å². The van der Waals surface area contributed by atoms with Crippen molar-refractivity contribution in [2.45, 2.75) is 0 Å². The molecule has 0 saturated carbocycles. The van der Waals surface area contributed by atoms with Crippen molar-refractivity contribution in [3.05, 3.63) is 70.9 Å². The monoisotopic (exact) mass is 397 g/mol. The highest BCUT2D eigenvalue weighted by Crippen LogP contribution is 2.27. The summed E-state index contributed by atoms with van der Waals surface area (Å²) in [7, 11) is 0. The molecule has 0 radical (unpaired) electrons. The van der Waals surface area contributed by atoms with E-state index in [-0.39, 0.29) is 10.6 Å². The van der Waals surface area contributed by atoms with Crippen molar-refractivity contribution in [3.63, 3.8) is 0 Å². The standard InChI is InChI=1S/C19H12ClN3O3S/c20-14-9-11(5-7-13(14)18(24)25)16-8-6-12(26-16)10-21-23-19-22-15-3-1-2-4-17(15)27-19/h1-10H,(H,22,23)(H,24,25)/b21-10-. The number of furan rings is 1. The lowest BCUT2D eigenvalue weighted by atomic mass is 10.1. The molecule has 0 fully saturated rings. The molecule has 4 aromatic rings. The third kappa shape index (κ3) is 3.69. The number of hydrogen-bond acceptors (Lipinski definition) is 6. The van der Waals surface area contributed by atoms with Crippen LogP contribution in [0.15, 0.2) is 64.1 Å². The average molecular weight is 398 g/mol. The quantitative estimate of drug-likeness (QED) is 0.350. The van der Waals surface area contributed by atoms with Gasteiger partial charge in [0.25, 0.3) is 0 Å². The number of hydrogen-bond donors (Lipinski definition) is 2. The highest BCUT2D eigenvalue weighted by molar-refractivity contribution is 7.22. The maximum absolute atomic E-state index is 11.0.